The molecule has 126 valence electrons. The first-order valence-electron chi connectivity index (χ1n) is 8.00. The van der Waals surface area contributed by atoms with Gasteiger partial charge in [-0.05, 0) is 65.4 Å². The van der Waals surface area contributed by atoms with Gasteiger partial charge in [0.25, 0.3) is 0 Å². The zero-order chi connectivity index (χ0) is 16.7. The van der Waals surface area contributed by atoms with Crippen molar-refractivity contribution in [2.75, 3.05) is 5.32 Å². The number of thiophene rings is 1. The molecule has 1 amide bonds. The quantitative estimate of drug-likeness (QED) is 0.889. The maximum atomic E-state index is 13.1. The lowest BCUT2D eigenvalue weighted by Crippen LogP contribution is -2.32. The number of aryl methyl sites for hydroxylation is 1. The van der Waals surface area contributed by atoms with Crippen molar-refractivity contribution in [1.29, 1.82) is 0 Å². The van der Waals surface area contributed by atoms with E-state index in [1.54, 1.807) is 33.8 Å². The molecule has 0 spiro atoms. The van der Waals surface area contributed by atoms with E-state index in [9.17, 15) is 13.2 Å². The summed E-state index contributed by atoms with van der Waals surface area (Å²) in [7, 11) is -3.54. The molecule has 0 radical (unpaired) electrons. The maximum Gasteiger partial charge on any atom is 0.243 e. The number of hydrogen-bond acceptors (Lipinski definition) is 4. The number of rotatable bonds is 5. The Morgan fingerprint density at radius 2 is 2.04 bits per heavy atom. The number of nitrogens with one attached hydrogen (secondary N) is 1. The Balaban J connectivity index is 1.66. The van der Waals surface area contributed by atoms with Crippen molar-refractivity contribution in [3.63, 3.8) is 0 Å². The molecule has 0 saturated heterocycles. The summed E-state index contributed by atoms with van der Waals surface area (Å²) < 4.78 is 27.9. The lowest BCUT2D eigenvalue weighted by molar-refractivity contribution is -0.116. The van der Waals surface area contributed by atoms with Crippen LogP contribution in [0.3, 0.4) is 0 Å². The number of sulfonamides is 1. The van der Waals surface area contributed by atoms with Crippen molar-refractivity contribution in [3.05, 3.63) is 46.2 Å². The van der Waals surface area contributed by atoms with Crippen LogP contribution in [0.4, 0.5) is 5.69 Å². The molecule has 24 heavy (non-hydrogen) atoms. The van der Waals surface area contributed by atoms with Crippen molar-refractivity contribution < 1.29 is 13.2 Å². The first kappa shape index (κ1) is 15.8. The van der Waals surface area contributed by atoms with Crippen LogP contribution in [0.1, 0.15) is 30.4 Å². The van der Waals surface area contributed by atoms with Crippen molar-refractivity contribution in [3.8, 4) is 0 Å². The third kappa shape index (κ3) is 2.99. The molecular weight excluding hydrogens is 344 g/mol. The van der Waals surface area contributed by atoms with Crippen LogP contribution in [-0.2, 0) is 27.8 Å². The standard InChI is InChI=1S/C17H18N2O3S2/c20-17-6-1-13-9-15(4-5-16(13)18-17)24(21,22)19(14-2-3-14)10-12-7-8-23-11-12/h4-5,7-9,11,14H,1-3,6,10H2,(H,18,20). The lowest BCUT2D eigenvalue weighted by atomic mass is 10.0. The van der Waals surface area contributed by atoms with Crippen molar-refractivity contribution >= 4 is 33.0 Å². The fourth-order valence-electron chi connectivity index (χ4n) is 2.99. The minimum Gasteiger partial charge on any atom is -0.326 e. The van der Waals surface area contributed by atoms with Gasteiger partial charge < -0.3 is 5.32 Å². The molecule has 7 heteroatoms. The number of anilines is 1. The van der Waals surface area contributed by atoms with Gasteiger partial charge in [-0.1, -0.05) is 0 Å². The number of fused-ring (bicyclic) bond motifs is 1. The van der Waals surface area contributed by atoms with Gasteiger partial charge in [-0.15, -0.1) is 0 Å². The van der Waals surface area contributed by atoms with Crippen molar-refractivity contribution in [2.45, 2.75) is 43.2 Å². The van der Waals surface area contributed by atoms with Gasteiger partial charge in [0.15, 0.2) is 0 Å². The van der Waals surface area contributed by atoms with E-state index in [0.29, 0.717) is 24.3 Å². The average Bonchev–Trinajstić information content (AvgIpc) is 3.27. The van der Waals surface area contributed by atoms with E-state index in [-0.39, 0.29) is 11.9 Å². The summed E-state index contributed by atoms with van der Waals surface area (Å²) in [6.07, 6.45) is 2.82. The molecule has 1 fully saturated rings. The van der Waals surface area contributed by atoms with Crippen LogP contribution in [0.15, 0.2) is 39.9 Å². The molecule has 5 nitrogen and oxygen atoms in total. The SMILES string of the molecule is O=C1CCc2cc(S(=O)(=O)N(Cc3ccsc3)C3CC3)ccc2N1. The van der Waals surface area contributed by atoms with Gasteiger partial charge in [0.2, 0.25) is 15.9 Å². The molecular formula is C17H18N2O3S2. The highest BCUT2D eigenvalue weighted by atomic mass is 32.2. The largest absolute Gasteiger partial charge is 0.326 e. The molecule has 1 N–H and O–H groups in total. The van der Waals surface area contributed by atoms with Crippen molar-refractivity contribution in [1.82, 2.24) is 4.31 Å². The molecule has 0 atom stereocenters. The van der Waals surface area contributed by atoms with Crippen LogP contribution in [0.25, 0.3) is 0 Å². The van der Waals surface area contributed by atoms with Gasteiger partial charge in [-0.3, -0.25) is 4.79 Å². The molecule has 0 unspecified atom stereocenters. The predicted molar refractivity (Wildman–Crippen MR) is 93.5 cm³/mol. The van der Waals surface area contributed by atoms with Crippen LogP contribution in [0.2, 0.25) is 0 Å². The van der Waals surface area contributed by atoms with Gasteiger partial charge in [0.1, 0.15) is 0 Å². The summed E-state index contributed by atoms with van der Waals surface area (Å²) in [5.41, 5.74) is 2.64. The first-order chi connectivity index (χ1) is 11.5. The molecule has 1 aromatic carbocycles. The second kappa shape index (κ2) is 5.98. The summed E-state index contributed by atoms with van der Waals surface area (Å²) in [6, 6.07) is 7.09. The Bertz CT molecular complexity index is 871. The Morgan fingerprint density at radius 1 is 1.21 bits per heavy atom. The van der Waals surface area contributed by atoms with Gasteiger partial charge >= 0.3 is 0 Å². The molecule has 0 bridgehead atoms. The van der Waals surface area contributed by atoms with E-state index in [1.807, 2.05) is 16.8 Å². The van der Waals surface area contributed by atoms with Gasteiger partial charge in [0.05, 0.1) is 4.90 Å². The number of nitrogens with zero attached hydrogens (tertiary/aromatic N) is 1. The Hall–Kier alpha value is -1.70. The van der Waals surface area contributed by atoms with Gasteiger partial charge in [-0.25, -0.2) is 8.42 Å². The highest BCUT2D eigenvalue weighted by molar-refractivity contribution is 7.89. The molecule has 2 aromatic rings. The summed E-state index contributed by atoms with van der Waals surface area (Å²) >= 11 is 1.58. The van der Waals surface area contributed by atoms with Crippen molar-refractivity contribution in [2.24, 2.45) is 0 Å². The molecule has 1 saturated carbocycles. The fourth-order valence-corrected chi connectivity index (χ4v) is 5.38. The Morgan fingerprint density at radius 3 is 2.75 bits per heavy atom. The highest BCUT2D eigenvalue weighted by Gasteiger charge is 2.38. The van der Waals surface area contributed by atoms with E-state index in [4.69, 9.17) is 0 Å². The predicted octanol–water partition coefficient (Wildman–Crippen LogP) is 2.99. The molecule has 2 aliphatic rings. The second-order valence-electron chi connectivity index (χ2n) is 6.28. The molecule has 1 aliphatic carbocycles. The van der Waals surface area contributed by atoms with Crippen LogP contribution >= 0.6 is 11.3 Å². The minimum absolute atomic E-state index is 0.0184. The first-order valence-corrected chi connectivity index (χ1v) is 10.4. The smallest absolute Gasteiger partial charge is 0.243 e. The van der Waals surface area contributed by atoms with Crippen LogP contribution in [0, 0.1) is 0 Å². The van der Waals surface area contributed by atoms with E-state index in [1.165, 1.54) is 0 Å². The molecule has 1 aromatic heterocycles. The fraction of sp³-hybridized carbons (Fsp3) is 0.353. The number of carbonyl (C=O) groups excluding carboxylic acids is 1. The third-order valence-electron chi connectivity index (χ3n) is 4.45. The monoisotopic (exact) mass is 362 g/mol. The number of benzene rings is 1. The number of amides is 1. The van der Waals surface area contributed by atoms with Gasteiger partial charge in [-0.2, -0.15) is 15.6 Å². The highest BCUT2D eigenvalue weighted by Crippen LogP contribution is 2.35. The second-order valence-corrected chi connectivity index (χ2v) is 8.95. The van der Waals surface area contributed by atoms with E-state index in [0.717, 1.165) is 29.7 Å². The minimum atomic E-state index is -3.54. The molecule has 4 rings (SSSR count). The number of carbonyl (C=O) groups is 1. The Kier molecular flexibility index (Phi) is 3.94. The zero-order valence-corrected chi connectivity index (χ0v) is 14.7. The summed E-state index contributed by atoms with van der Waals surface area (Å²) in [4.78, 5) is 11.8. The van der Waals surface area contributed by atoms with E-state index in [2.05, 4.69) is 5.32 Å². The third-order valence-corrected chi connectivity index (χ3v) is 7.08. The summed E-state index contributed by atoms with van der Waals surface area (Å²) in [6.45, 7) is 0.421. The summed E-state index contributed by atoms with van der Waals surface area (Å²) in [5, 5.41) is 6.75. The maximum absolute atomic E-state index is 13.1. The van der Waals surface area contributed by atoms with E-state index < -0.39 is 10.0 Å². The average molecular weight is 362 g/mol. The Labute approximate surface area is 145 Å². The van der Waals surface area contributed by atoms with Crippen LogP contribution in [0.5, 0.6) is 0 Å². The molecule has 2 heterocycles. The van der Waals surface area contributed by atoms with Gasteiger partial charge in [0, 0.05) is 24.7 Å². The van der Waals surface area contributed by atoms with E-state index >= 15 is 0 Å². The molecule has 1 aliphatic heterocycles. The lowest BCUT2D eigenvalue weighted by Gasteiger charge is -2.23. The number of hydrogen-bond donors (Lipinski definition) is 1. The van der Waals surface area contributed by atoms with Crippen LogP contribution in [-0.4, -0.2) is 24.7 Å². The normalized spacial score (nSPS) is 17.6. The van der Waals surface area contributed by atoms with Crippen LogP contribution < -0.4 is 5.32 Å². The zero-order valence-electron chi connectivity index (χ0n) is 13.1. The topological polar surface area (TPSA) is 66.5 Å². The summed E-state index contributed by atoms with van der Waals surface area (Å²) in [5.74, 6) is -0.0184.